The summed E-state index contributed by atoms with van der Waals surface area (Å²) < 4.78 is 0. The summed E-state index contributed by atoms with van der Waals surface area (Å²) in [7, 11) is 0. The van der Waals surface area contributed by atoms with Gasteiger partial charge in [0.05, 0.1) is 5.69 Å². The number of carbonyl (C=O) groups is 1. The molecule has 12 heavy (non-hydrogen) atoms. The third-order valence-electron chi connectivity index (χ3n) is 1.66. The average Bonchev–Trinajstić information content (AvgIpc) is 2.07. The van der Waals surface area contributed by atoms with Gasteiger partial charge in [-0.15, -0.1) is 0 Å². The zero-order valence-corrected chi connectivity index (χ0v) is 7.10. The Bertz CT molecular complexity index is 327. The fourth-order valence-electron chi connectivity index (χ4n) is 1.07. The molecule has 3 N–H and O–H groups in total. The number of para-hydroxylation sites is 1. The molecule has 0 saturated carbocycles. The van der Waals surface area contributed by atoms with Gasteiger partial charge in [0.15, 0.2) is 0 Å². The van der Waals surface area contributed by atoms with Gasteiger partial charge in [-0.3, -0.25) is 4.79 Å². The van der Waals surface area contributed by atoms with E-state index in [1.165, 1.54) is 11.8 Å². The molecular weight excluding hydrogens is 172 g/mol. The normalized spacial score (nSPS) is 21.4. The number of hydrogen-bond acceptors (Lipinski definition) is 3. The van der Waals surface area contributed by atoms with Gasteiger partial charge in [-0.2, -0.15) is 0 Å². The van der Waals surface area contributed by atoms with Crippen LogP contribution in [0.3, 0.4) is 0 Å². The molecule has 3 nitrogen and oxygen atoms in total. The molecule has 0 spiro atoms. The Labute approximate surface area is 74.3 Å². The summed E-state index contributed by atoms with van der Waals surface area (Å²) in [5.74, 6) is -0.126. The largest absolute Gasteiger partial charge is 0.323 e. The third kappa shape index (κ3) is 1.19. The van der Waals surface area contributed by atoms with Gasteiger partial charge in [-0.25, -0.2) is 0 Å². The van der Waals surface area contributed by atoms with Crippen molar-refractivity contribution in [3.63, 3.8) is 0 Å². The highest BCUT2D eigenvalue weighted by Crippen LogP contribution is 2.32. The number of hydrogen-bond donors (Lipinski definition) is 2. The minimum Gasteiger partial charge on any atom is -0.323 e. The molecule has 1 atom stereocenters. The Kier molecular flexibility index (Phi) is 1.78. The molecule has 0 saturated heterocycles. The number of fused-ring (bicyclic) bond motifs is 1. The summed E-state index contributed by atoms with van der Waals surface area (Å²) in [5, 5.41) is 2.25. The Morgan fingerprint density at radius 3 is 3.00 bits per heavy atom. The molecule has 0 aliphatic carbocycles. The third-order valence-corrected chi connectivity index (χ3v) is 2.74. The highest BCUT2D eigenvalue weighted by Gasteiger charge is 2.22. The molecule has 0 unspecified atom stereocenters. The maximum atomic E-state index is 11.1. The van der Waals surface area contributed by atoms with Gasteiger partial charge in [0.1, 0.15) is 5.37 Å². The molecule has 0 fully saturated rings. The fraction of sp³-hybridized carbons (Fsp3) is 0.125. The standard InChI is InChI=1S/C8H8N2OS/c9-7-8(11)10-5-3-1-2-4-6(5)12-7/h1-4,7H,9H2,(H,10,11)/t7-/m1/s1. The minimum atomic E-state index is -0.472. The van der Waals surface area contributed by atoms with Crippen molar-refractivity contribution < 1.29 is 4.79 Å². The molecule has 1 aromatic rings. The lowest BCUT2D eigenvalue weighted by atomic mass is 10.3. The van der Waals surface area contributed by atoms with E-state index in [0.717, 1.165) is 10.6 Å². The van der Waals surface area contributed by atoms with Crippen molar-refractivity contribution >= 4 is 23.4 Å². The first-order chi connectivity index (χ1) is 5.77. The lowest BCUT2D eigenvalue weighted by Gasteiger charge is -2.20. The molecule has 0 radical (unpaired) electrons. The second-order valence-electron chi connectivity index (χ2n) is 2.52. The number of anilines is 1. The summed E-state index contributed by atoms with van der Waals surface area (Å²) in [5.41, 5.74) is 6.40. The lowest BCUT2D eigenvalue weighted by molar-refractivity contribution is -0.115. The second-order valence-corrected chi connectivity index (χ2v) is 3.71. The van der Waals surface area contributed by atoms with E-state index < -0.39 is 5.37 Å². The van der Waals surface area contributed by atoms with Gasteiger partial charge in [0.2, 0.25) is 0 Å². The first-order valence-corrected chi connectivity index (χ1v) is 4.47. The monoisotopic (exact) mass is 180 g/mol. The van der Waals surface area contributed by atoms with Crippen molar-refractivity contribution in [3.8, 4) is 0 Å². The lowest BCUT2D eigenvalue weighted by Crippen LogP contribution is -2.35. The van der Waals surface area contributed by atoms with E-state index in [1.807, 2.05) is 24.3 Å². The highest BCUT2D eigenvalue weighted by atomic mass is 32.2. The average molecular weight is 180 g/mol. The highest BCUT2D eigenvalue weighted by molar-refractivity contribution is 8.00. The molecule has 1 heterocycles. The van der Waals surface area contributed by atoms with Crippen molar-refractivity contribution in [1.29, 1.82) is 0 Å². The number of rotatable bonds is 0. The van der Waals surface area contributed by atoms with E-state index in [0.29, 0.717) is 0 Å². The SMILES string of the molecule is N[C@@H]1Sc2ccccc2NC1=O. The quantitative estimate of drug-likeness (QED) is 0.626. The number of carbonyl (C=O) groups excluding carboxylic acids is 1. The molecule has 1 aliphatic heterocycles. The summed E-state index contributed by atoms with van der Waals surface area (Å²) in [6, 6.07) is 7.62. The van der Waals surface area contributed by atoms with Crippen LogP contribution in [0.25, 0.3) is 0 Å². The molecule has 0 bridgehead atoms. The van der Waals surface area contributed by atoms with Crippen LogP contribution in [0.4, 0.5) is 5.69 Å². The van der Waals surface area contributed by atoms with E-state index in [9.17, 15) is 4.79 Å². The van der Waals surface area contributed by atoms with E-state index in [1.54, 1.807) is 0 Å². The van der Waals surface area contributed by atoms with Gasteiger partial charge < -0.3 is 11.1 Å². The number of amides is 1. The number of benzene rings is 1. The summed E-state index contributed by atoms with van der Waals surface area (Å²) in [6.07, 6.45) is 0. The predicted octanol–water partition coefficient (Wildman–Crippen LogP) is 1.02. The first-order valence-electron chi connectivity index (χ1n) is 3.59. The van der Waals surface area contributed by atoms with Gasteiger partial charge >= 0.3 is 0 Å². The molecule has 0 aromatic heterocycles. The zero-order chi connectivity index (χ0) is 8.55. The topological polar surface area (TPSA) is 55.1 Å². The van der Waals surface area contributed by atoms with E-state index in [4.69, 9.17) is 5.73 Å². The van der Waals surface area contributed by atoms with Crippen molar-refractivity contribution in [3.05, 3.63) is 24.3 Å². The smallest absolute Gasteiger partial charge is 0.252 e. The first kappa shape index (κ1) is 7.64. The zero-order valence-electron chi connectivity index (χ0n) is 6.28. The molecule has 1 aromatic carbocycles. The molecule has 62 valence electrons. The summed E-state index contributed by atoms with van der Waals surface area (Å²) in [4.78, 5) is 12.1. The van der Waals surface area contributed by atoms with Crippen LogP contribution in [-0.4, -0.2) is 11.3 Å². The van der Waals surface area contributed by atoms with Crippen LogP contribution in [0.5, 0.6) is 0 Å². The number of thioether (sulfide) groups is 1. The van der Waals surface area contributed by atoms with Crippen LogP contribution in [0.15, 0.2) is 29.2 Å². The Morgan fingerprint density at radius 1 is 1.42 bits per heavy atom. The van der Waals surface area contributed by atoms with E-state index in [-0.39, 0.29) is 5.91 Å². The molecule has 2 rings (SSSR count). The minimum absolute atomic E-state index is 0.126. The van der Waals surface area contributed by atoms with Crippen molar-refractivity contribution in [2.24, 2.45) is 5.73 Å². The van der Waals surface area contributed by atoms with Crippen molar-refractivity contribution in [1.82, 2.24) is 0 Å². The van der Waals surface area contributed by atoms with Crippen LogP contribution in [-0.2, 0) is 4.79 Å². The summed E-state index contributed by atoms with van der Waals surface area (Å²) >= 11 is 1.39. The van der Waals surface area contributed by atoms with Crippen LogP contribution in [0.2, 0.25) is 0 Å². The molecule has 4 heteroatoms. The van der Waals surface area contributed by atoms with Gasteiger partial charge in [-0.1, -0.05) is 23.9 Å². The van der Waals surface area contributed by atoms with Gasteiger partial charge in [0.25, 0.3) is 5.91 Å². The van der Waals surface area contributed by atoms with Gasteiger partial charge in [-0.05, 0) is 12.1 Å². The Morgan fingerprint density at radius 2 is 2.17 bits per heavy atom. The fourth-order valence-corrected chi connectivity index (χ4v) is 1.91. The van der Waals surface area contributed by atoms with Crippen LogP contribution < -0.4 is 11.1 Å². The number of nitrogens with two attached hydrogens (primary N) is 1. The van der Waals surface area contributed by atoms with Crippen molar-refractivity contribution in [2.75, 3.05) is 5.32 Å². The van der Waals surface area contributed by atoms with Crippen LogP contribution >= 0.6 is 11.8 Å². The molecular formula is C8H8N2OS. The van der Waals surface area contributed by atoms with Gasteiger partial charge in [0, 0.05) is 4.90 Å². The Hall–Kier alpha value is -1.00. The number of nitrogens with one attached hydrogen (secondary N) is 1. The Balaban J connectivity index is 2.40. The molecule has 1 aliphatic rings. The predicted molar refractivity (Wildman–Crippen MR) is 48.9 cm³/mol. The maximum absolute atomic E-state index is 11.1. The van der Waals surface area contributed by atoms with Crippen LogP contribution in [0, 0.1) is 0 Å². The van der Waals surface area contributed by atoms with Crippen LogP contribution in [0.1, 0.15) is 0 Å². The second kappa shape index (κ2) is 2.80. The van der Waals surface area contributed by atoms with E-state index in [2.05, 4.69) is 5.32 Å². The molecule has 1 amide bonds. The van der Waals surface area contributed by atoms with Crippen molar-refractivity contribution in [2.45, 2.75) is 10.3 Å². The maximum Gasteiger partial charge on any atom is 0.252 e. The van der Waals surface area contributed by atoms with E-state index >= 15 is 0 Å². The summed E-state index contributed by atoms with van der Waals surface area (Å²) in [6.45, 7) is 0.